The average molecular weight is 157 g/mol. The van der Waals surface area contributed by atoms with Crippen molar-refractivity contribution in [2.45, 2.75) is 46.6 Å². The van der Waals surface area contributed by atoms with Crippen LogP contribution in [-0.2, 0) is 0 Å². The van der Waals surface area contributed by atoms with Crippen molar-refractivity contribution < 1.29 is 0 Å². The number of hydrogen-bond donors (Lipinski definition) is 1. The molecular formula is C10H23N. The van der Waals surface area contributed by atoms with Crippen molar-refractivity contribution in [3.05, 3.63) is 0 Å². The Kier molecular flexibility index (Phi) is 5.57. The molecule has 0 radical (unpaired) electrons. The first-order chi connectivity index (χ1) is 5.17. The van der Waals surface area contributed by atoms with Crippen LogP contribution in [-0.4, -0.2) is 13.1 Å². The van der Waals surface area contributed by atoms with Crippen molar-refractivity contribution in [1.29, 1.82) is 0 Å². The quantitative estimate of drug-likeness (QED) is 0.647. The third kappa shape index (κ3) is 3.24. The molecule has 0 aromatic heterocycles. The van der Waals surface area contributed by atoms with Crippen LogP contribution in [0.25, 0.3) is 0 Å². The molecule has 0 heterocycles. The molecule has 0 fully saturated rings. The Hall–Kier alpha value is -0.0400. The summed E-state index contributed by atoms with van der Waals surface area (Å²) in [6.45, 7) is 9.18. The van der Waals surface area contributed by atoms with Gasteiger partial charge in [-0.25, -0.2) is 0 Å². The summed E-state index contributed by atoms with van der Waals surface area (Å²) in [5.74, 6) is 1.69. The Morgan fingerprint density at radius 2 is 1.64 bits per heavy atom. The first-order valence-corrected chi connectivity index (χ1v) is 4.84. The van der Waals surface area contributed by atoms with E-state index < -0.39 is 0 Å². The lowest BCUT2D eigenvalue weighted by atomic mass is 9.84. The lowest BCUT2D eigenvalue weighted by Gasteiger charge is -2.27. The van der Waals surface area contributed by atoms with Gasteiger partial charge in [0.25, 0.3) is 0 Å². The van der Waals surface area contributed by atoms with E-state index in [1.165, 1.54) is 12.8 Å². The molecule has 0 saturated carbocycles. The highest BCUT2D eigenvalue weighted by molar-refractivity contribution is 4.73. The molecule has 0 aromatic carbocycles. The topological polar surface area (TPSA) is 12.0 Å². The normalized spacial score (nSPS) is 19.4. The summed E-state index contributed by atoms with van der Waals surface area (Å²) in [6.07, 6.45) is 2.58. The van der Waals surface area contributed by atoms with Crippen molar-refractivity contribution in [3.8, 4) is 0 Å². The molecule has 0 bridgehead atoms. The van der Waals surface area contributed by atoms with Crippen molar-refractivity contribution >= 4 is 0 Å². The Bertz CT molecular complexity index is 80.9. The van der Waals surface area contributed by atoms with Crippen molar-refractivity contribution in [3.63, 3.8) is 0 Å². The minimum absolute atomic E-state index is 0.662. The summed E-state index contributed by atoms with van der Waals surface area (Å²) in [6, 6.07) is 0.662. The summed E-state index contributed by atoms with van der Waals surface area (Å²) >= 11 is 0. The Morgan fingerprint density at radius 3 is 1.91 bits per heavy atom. The highest BCUT2D eigenvalue weighted by Crippen LogP contribution is 2.21. The first kappa shape index (κ1) is 11.0. The van der Waals surface area contributed by atoms with Gasteiger partial charge in [0.05, 0.1) is 0 Å². The third-order valence-corrected chi connectivity index (χ3v) is 2.94. The van der Waals surface area contributed by atoms with Crippen LogP contribution in [0, 0.1) is 11.8 Å². The predicted octanol–water partition coefficient (Wildman–Crippen LogP) is 2.67. The summed E-state index contributed by atoms with van der Waals surface area (Å²) < 4.78 is 0. The van der Waals surface area contributed by atoms with Crippen LogP contribution < -0.4 is 5.32 Å². The number of nitrogens with one attached hydrogen (secondary N) is 1. The Labute approximate surface area is 71.6 Å². The summed E-state index contributed by atoms with van der Waals surface area (Å²) in [4.78, 5) is 0. The maximum Gasteiger partial charge on any atom is 0.00664 e. The lowest BCUT2D eigenvalue weighted by molar-refractivity contribution is 0.270. The van der Waals surface area contributed by atoms with E-state index >= 15 is 0 Å². The molecule has 0 aliphatic rings. The zero-order valence-corrected chi connectivity index (χ0v) is 8.65. The second-order valence-corrected chi connectivity index (χ2v) is 3.53. The van der Waals surface area contributed by atoms with Crippen LogP contribution in [0.3, 0.4) is 0 Å². The summed E-state index contributed by atoms with van der Waals surface area (Å²) in [7, 11) is 2.05. The van der Waals surface area contributed by atoms with E-state index in [1.54, 1.807) is 0 Å². The lowest BCUT2D eigenvalue weighted by Crippen LogP contribution is -2.33. The number of hydrogen-bond acceptors (Lipinski definition) is 1. The van der Waals surface area contributed by atoms with E-state index in [-0.39, 0.29) is 0 Å². The van der Waals surface area contributed by atoms with E-state index in [9.17, 15) is 0 Å². The van der Waals surface area contributed by atoms with Crippen LogP contribution in [0.15, 0.2) is 0 Å². The molecule has 0 aliphatic carbocycles. The molecule has 3 atom stereocenters. The molecule has 11 heavy (non-hydrogen) atoms. The molecule has 68 valence electrons. The van der Waals surface area contributed by atoms with Gasteiger partial charge < -0.3 is 5.32 Å². The molecule has 0 amide bonds. The molecule has 1 heteroatoms. The Morgan fingerprint density at radius 1 is 1.09 bits per heavy atom. The minimum atomic E-state index is 0.662. The monoisotopic (exact) mass is 157 g/mol. The fourth-order valence-electron chi connectivity index (χ4n) is 1.77. The van der Waals surface area contributed by atoms with Crippen LogP contribution in [0.5, 0.6) is 0 Å². The fraction of sp³-hybridized carbons (Fsp3) is 1.00. The van der Waals surface area contributed by atoms with Gasteiger partial charge in [-0.2, -0.15) is 0 Å². The van der Waals surface area contributed by atoms with Crippen LogP contribution >= 0.6 is 0 Å². The van der Waals surface area contributed by atoms with E-state index in [2.05, 4.69) is 40.1 Å². The van der Waals surface area contributed by atoms with Gasteiger partial charge in [0, 0.05) is 6.04 Å². The molecule has 0 saturated heterocycles. The van der Waals surface area contributed by atoms with Crippen molar-refractivity contribution in [1.82, 2.24) is 5.32 Å². The van der Waals surface area contributed by atoms with Crippen molar-refractivity contribution in [2.75, 3.05) is 7.05 Å². The van der Waals surface area contributed by atoms with Gasteiger partial charge in [0.1, 0.15) is 0 Å². The smallest absolute Gasteiger partial charge is 0.00664 e. The highest BCUT2D eigenvalue weighted by atomic mass is 14.9. The molecule has 0 spiro atoms. The van der Waals surface area contributed by atoms with Gasteiger partial charge in [0.15, 0.2) is 0 Å². The molecule has 1 N–H and O–H groups in total. The maximum absolute atomic E-state index is 3.33. The molecular weight excluding hydrogens is 134 g/mol. The van der Waals surface area contributed by atoms with Gasteiger partial charge in [-0.15, -0.1) is 0 Å². The van der Waals surface area contributed by atoms with Gasteiger partial charge in [-0.1, -0.05) is 33.6 Å². The standard InChI is InChI=1S/C10H23N/c1-6-8(3)10(7-2)9(4)11-5/h8-11H,6-7H2,1-5H3. The van der Waals surface area contributed by atoms with Crippen LogP contribution in [0.2, 0.25) is 0 Å². The SMILES string of the molecule is CCC(C)C(CC)C(C)NC. The van der Waals surface area contributed by atoms with Gasteiger partial charge in [-0.3, -0.25) is 0 Å². The third-order valence-electron chi connectivity index (χ3n) is 2.94. The second kappa shape index (κ2) is 5.59. The van der Waals surface area contributed by atoms with Crippen LogP contribution in [0.4, 0.5) is 0 Å². The molecule has 0 aliphatic heterocycles. The van der Waals surface area contributed by atoms with Crippen molar-refractivity contribution in [2.24, 2.45) is 11.8 Å². The molecule has 3 unspecified atom stereocenters. The Balaban J connectivity index is 3.92. The fourth-order valence-corrected chi connectivity index (χ4v) is 1.77. The number of rotatable bonds is 5. The van der Waals surface area contributed by atoms with Gasteiger partial charge in [0.2, 0.25) is 0 Å². The summed E-state index contributed by atoms with van der Waals surface area (Å²) in [5.41, 5.74) is 0. The molecule has 0 aromatic rings. The molecule has 1 nitrogen and oxygen atoms in total. The second-order valence-electron chi connectivity index (χ2n) is 3.53. The highest BCUT2D eigenvalue weighted by Gasteiger charge is 2.18. The zero-order valence-electron chi connectivity index (χ0n) is 8.65. The minimum Gasteiger partial charge on any atom is -0.317 e. The summed E-state index contributed by atoms with van der Waals surface area (Å²) in [5, 5.41) is 3.33. The molecule has 0 rings (SSSR count). The predicted molar refractivity (Wildman–Crippen MR) is 51.8 cm³/mol. The average Bonchev–Trinajstić information content (AvgIpc) is 2.05. The van der Waals surface area contributed by atoms with E-state index in [0.717, 1.165) is 11.8 Å². The van der Waals surface area contributed by atoms with E-state index in [0.29, 0.717) is 6.04 Å². The maximum atomic E-state index is 3.33. The zero-order chi connectivity index (χ0) is 8.85. The first-order valence-electron chi connectivity index (χ1n) is 4.84. The van der Waals surface area contributed by atoms with Gasteiger partial charge >= 0.3 is 0 Å². The van der Waals surface area contributed by atoms with E-state index in [1.807, 2.05) is 0 Å². The van der Waals surface area contributed by atoms with E-state index in [4.69, 9.17) is 0 Å². The van der Waals surface area contributed by atoms with Crippen LogP contribution in [0.1, 0.15) is 40.5 Å². The largest absolute Gasteiger partial charge is 0.317 e. The van der Waals surface area contributed by atoms with Gasteiger partial charge in [-0.05, 0) is 25.8 Å².